The zero-order valence-corrected chi connectivity index (χ0v) is 15.0. The molecule has 4 aromatic rings. The molecule has 0 amide bonds. The number of nitrogens with zero attached hydrogens (tertiary/aromatic N) is 3. The highest BCUT2D eigenvalue weighted by molar-refractivity contribution is 7.22. The molecule has 4 rings (SSSR count). The van der Waals surface area contributed by atoms with E-state index in [4.69, 9.17) is 4.74 Å². The minimum atomic E-state index is 0.365. The third-order valence-electron chi connectivity index (χ3n) is 4.03. The van der Waals surface area contributed by atoms with Crippen LogP contribution < -0.4 is 4.74 Å². The number of thiophene rings is 1. The van der Waals surface area contributed by atoms with Gasteiger partial charge in [-0.3, -0.25) is 4.98 Å². The Labute approximate surface area is 155 Å². The second-order valence-corrected chi connectivity index (χ2v) is 6.75. The van der Waals surface area contributed by atoms with Gasteiger partial charge in [0.15, 0.2) is 0 Å². The van der Waals surface area contributed by atoms with Gasteiger partial charge in [-0.25, -0.2) is 4.98 Å². The van der Waals surface area contributed by atoms with E-state index in [1.165, 1.54) is 4.70 Å². The number of hydrogen-bond donors (Lipinski definition) is 0. The molecule has 0 spiro atoms. The van der Waals surface area contributed by atoms with Gasteiger partial charge in [0, 0.05) is 33.1 Å². The molecule has 126 valence electrons. The summed E-state index contributed by atoms with van der Waals surface area (Å²) >= 11 is 1.66. The summed E-state index contributed by atoms with van der Waals surface area (Å²) in [5.74, 6) is 0.365. The van der Waals surface area contributed by atoms with Crippen LogP contribution in [0.15, 0.2) is 60.9 Å². The van der Waals surface area contributed by atoms with E-state index in [-0.39, 0.29) is 0 Å². The maximum atomic E-state index is 9.75. The zero-order chi connectivity index (χ0) is 17.9. The maximum Gasteiger partial charge on any atom is 0.232 e. The summed E-state index contributed by atoms with van der Waals surface area (Å²) in [6.07, 6.45) is 3.49. The van der Waals surface area contributed by atoms with Crippen molar-refractivity contribution in [1.82, 2.24) is 9.97 Å². The molecule has 0 aliphatic carbocycles. The monoisotopic (exact) mass is 357 g/mol. The number of fused-ring (bicyclic) bond motifs is 1. The topological polar surface area (TPSA) is 58.8 Å². The molecule has 0 unspecified atom stereocenters. The van der Waals surface area contributed by atoms with Gasteiger partial charge in [0.1, 0.15) is 11.6 Å². The van der Waals surface area contributed by atoms with Gasteiger partial charge >= 0.3 is 0 Å². The Hall–Kier alpha value is -3.23. The number of hydrogen-bond acceptors (Lipinski definition) is 5. The fourth-order valence-electron chi connectivity index (χ4n) is 2.84. The predicted octanol–water partition coefficient (Wildman–Crippen LogP) is 5.30. The highest BCUT2D eigenvalue weighted by Gasteiger charge is 2.18. The summed E-state index contributed by atoms with van der Waals surface area (Å²) in [5, 5.41) is 10.9. The van der Waals surface area contributed by atoms with Gasteiger partial charge in [0.05, 0.1) is 12.3 Å². The van der Waals surface area contributed by atoms with Crippen LogP contribution in [0.25, 0.3) is 31.8 Å². The van der Waals surface area contributed by atoms with Gasteiger partial charge in [-0.15, -0.1) is 11.3 Å². The first-order chi connectivity index (χ1) is 12.8. The second-order valence-electron chi connectivity index (χ2n) is 5.67. The molecule has 3 aromatic heterocycles. The van der Waals surface area contributed by atoms with E-state index >= 15 is 0 Å². The molecule has 4 nitrogen and oxygen atoms in total. The molecule has 5 heteroatoms. The van der Waals surface area contributed by atoms with Gasteiger partial charge in [-0.2, -0.15) is 5.26 Å². The molecule has 0 aliphatic heterocycles. The van der Waals surface area contributed by atoms with Crippen LogP contribution in [0.4, 0.5) is 0 Å². The standard InChI is InChI=1S/C21H15N3OS/c1-2-25-21-17(12-22)16(11-18(24-21)15-7-5-9-23-13-15)20-10-14-6-3-4-8-19(14)26-20/h3-11,13H,2H2,1H3. The Morgan fingerprint density at radius 2 is 2.04 bits per heavy atom. The van der Waals surface area contributed by atoms with Crippen LogP contribution in [-0.2, 0) is 0 Å². The third-order valence-corrected chi connectivity index (χ3v) is 5.18. The normalized spacial score (nSPS) is 10.6. The molecule has 3 heterocycles. The van der Waals surface area contributed by atoms with Gasteiger partial charge in [0.2, 0.25) is 5.88 Å². The van der Waals surface area contributed by atoms with Crippen molar-refractivity contribution >= 4 is 21.4 Å². The molecule has 0 saturated carbocycles. The Kier molecular flexibility index (Phi) is 4.34. The van der Waals surface area contributed by atoms with Crippen LogP contribution in [0.3, 0.4) is 0 Å². The van der Waals surface area contributed by atoms with Crippen molar-refractivity contribution in [2.45, 2.75) is 6.92 Å². The maximum absolute atomic E-state index is 9.75. The molecule has 0 radical (unpaired) electrons. The van der Waals surface area contributed by atoms with Crippen LogP contribution in [0.1, 0.15) is 12.5 Å². The molecule has 26 heavy (non-hydrogen) atoms. The highest BCUT2D eigenvalue weighted by atomic mass is 32.1. The molecule has 0 fully saturated rings. The van der Waals surface area contributed by atoms with Gasteiger partial charge in [0.25, 0.3) is 0 Å². The summed E-state index contributed by atoms with van der Waals surface area (Å²) in [6, 6.07) is 18.4. The average Bonchev–Trinajstić information content (AvgIpc) is 3.12. The SMILES string of the molecule is CCOc1nc(-c2cccnc2)cc(-c2cc3ccccc3s2)c1C#N. The lowest BCUT2D eigenvalue weighted by Crippen LogP contribution is -2.00. The first-order valence-electron chi connectivity index (χ1n) is 8.27. The molecular weight excluding hydrogens is 342 g/mol. The molecule has 0 bridgehead atoms. The summed E-state index contributed by atoms with van der Waals surface area (Å²) < 4.78 is 6.86. The van der Waals surface area contributed by atoms with E-state index < -0.39 is 0 Å². The van der Waals surface area contributed by atoms with Crippen molar-refractivity contribution in [2.24, 2.45) is 0 Å². The summed E-state index contributed by atoms with van der Waals surface area (Å²) in [6.45, 7) is 2.34. The van der Waals surface area contributed by atoms with Gasteiger partial charge in [-0.05, 0) is 42.6 Å². The number of benzene rings is 1. The second kappa shape index (κ2) is 6.95. The van der Waals surface area contributed by atoms with E-state index in [1.54, 1.807) is 23.7 Å². The number of pyridine rings is 2. The van der Waals surface area contributed by atoms with Crippen LogP contribution in [0, 0.1) is 11.3 Å². The van der Waals surface area contributed by atoms with E-state index in [0.717, 1.165) is 27.1 Å². The lowest BCUT2D eigenvalue weighted by Gasteiger charge is -2.11. The van der Waals surface area contributed by atoms with Crippen molar-refractivity contribution in [1.29, 1.82) is 5.26 Å². The Morgan fingerprint density at radius 3 is 2.77 bits per heavy atom. The van der Waals surface area contributed by atoms with Crippen molar-refractivity contribution in [3.63, 3.8) is 0 Å². The number of nitriles is 1. The first kappa shape index (κ1) is 16.2. The minimum Gasteiger partial charge on any atom is -0.477 e. The Balaban J connectivity index is 1.97. The lowest BCUT2D eigenvalue weighted by atomic mass is 10.0. The third kappa shape index (κ3) is 2.92. The predicted molar refractivity (Wildman–Crippen MR) is 104 cm³/mol. The average molecular weight is 357 g/mol. The van der Waals surface area contributed by atoms with Crippen LogP contribution in [0.5, 0.6) is 5.88 Å². The van der Waals surface area contributed by atoms with E-state index in [1.807, 2.05) is 37.3 Å². The molecule has 0 N–H and O–H groups in total. The first-order valence-corrected chi connectivity index (χ1v) is 9.09. The smallest absolute Gasteiger partial charge is 0.232 e. The quantitative estimate of drug-likeness (QED) is 0.497. The van der Waals surface area contributed by atoms with Crippen molar-refractivity contribution in [2.75, 3.05) is 6.61 Å². The van der Waals surface area contributed by atoms with Crippen molar-refractivity contribution in [3.8, 4) is 33.6 Å². The fourth-order valence-corrected chi connectivity index (χ4v) is 3.93. The molecule has 0 atom stereocenters. The van der Waals surface area contributed by atoms with Crippen LogP contribution in [0.2, 0.25) is 0 Å². The Bertz CT molecular complexity index is 1080. The number of rotatable bonds is 4. The minimum absolute atomic E-state index is 0.365. The number of aromatic nitrogens is 2. The van der Waals surface area contributed by atoms with E-state index in [9.17, 15) is 5.26 Å². The van der Waals surface area contributed by atoms with Crippen molar-refractivity contribution in [3.05, 3.63) is 66.5 Å². The highest BCUT2D eigenvalue weighted by Crippen LogP contribution is 2.39. The molecule has 1 aromatic carbocycles. The van der Waals surface area contributed by atoms with Gasteiger partial charge < -0.3 is 4.74 Å². The largest absolute Gasteiger partial charge is 0.477 e. The van der Waals surface area contributed by atoms with Gasteiger partial charge in [-0.1, -0.05) is 18.2 Å². The summed E-state index contributed by atoms with van der Waals surface area (Å²) in [4.78, 5) is 9.76. The lowest BCUT2D eigenvalue weighted by molar-refractivity contribution is 0.326. The Morgan fingerprint density at radius 1 is 1.15 bits per heavy atom. The summed E-state index contributed by atoms with van der Waals surface area (Å²) in [7, 11) is 0. The zero-order valence-electron chi connectivity index (χ0n) is 14.1. The molecule has 0 aliphatic rings. The molecule has 0 saturated heterocycles. The summed E-state index contributed by atoms with van der Waals surface area (Å²) in [5.41, 5.74) is 2.94. The number of ether oxygens (including phenoxy) is 1. The molecular formula is C21H15N3OS. The fraction of sp³-hybridized carbons (Fsp3) is 0.0952. The van der Waals surface area contributed by atoms with E-state index in [2.05, 4.69) is 34.2 Å². The van der Waals surface area contributed by atoms with Crippen LogP contribution in [-0.4, -0.2) is 16.6 Å². The van der Waals surface area contributed by atoms with Crippen molar-refractivity contribution < 1.29 is 4.74 Å². The van der Waals surface area contributed by atoms with E-state index in [0.29, 0.717) is 18.1 Å². The van der Waals surface area contributed by atoms with Crippen LogP contribution >= 0.6 is 11.3 Å².